The Bertz CT molecular complexity index is 684. The Morgan fingerprint density at radius 1 is 1.29 bits per heavy atom. The van der Waals surface area contributed by atoms with E-state index in [-0.39, 0.29) is 0 Å². The fourth-order valence-electron chi connectivity index (χ4n) is 1.69. The predicted octanol–water partition coefficient (Wildman–Crippen LogP) is 3.64. The number of thiazole rings is 1. The monoisotopic (exact) mass is 306 g/mol. The van der Waals surface area contributed by atoms with E-state index in [0.717, 1.165) is 27.0 Å². The topological polar surface area (TPSA) is 34.4 Å². The van der Waals surface area contributed by atoms with E-state index in [0.29, 0.717) is 5.69 Å². The molecule has 17 heavy (non-hydrogen) atoms. The molecule has 0 unspecified atom stereocenters. The van der Waals surface area contributed by atoms with Gasteiger partial charge in [0.25, 0.3) is 0 Å². The zero-order valence-corrected chi connectivity index (χ0v) is 11.0. The van der Waals surface area contributed by atoms with E-state index in [4.69, 9.17) is 0 Å². The quantitative estimate of drug-likeness (QED) is 0.677. The maximum Gasteiger partial charge on any atom is 0.194 e. The van der Waals surface area contributed by atoms with E-state index in [1.165, 1.54) is 11.3 Å². The highest BCUT2D eigenvalue weighted by atomic mass is 79.9. The van der Waals surface area contributed by atoms with Gasteiger partial charge in [0, 0.05) is 16.0 Å². The van der Waals surface area contributed by atoms with Crippen molar-refractivity contribution < 1.29 is 4.79 Å². The molecular formula is C12H7BrN2OS. The van der Waals surface area contributed by atoms with Gasteiger partial charge in [-0.1, -0.05) is 28.1 Å². The van der Waals surface area contributed by atoms with Gasteiger partial charge in [-0.05, 0) is 17.7 Å². The van der Waals surface area contributed by atoms with Gasteiger partial charge < -0.3 is 0 Å². The molecular weight excluding hydrogens is 300 g/mol. The van der Waals surface area contributed by atoms with Crippen molar-refractivity contribution >= 4 is 38.5 Å². The first-order valence-corrected chi connectivity index (χ1v) is 6.63. The molecule has 0 fully saturated rings. The van der Waals surface area contributed by atoms with Crippen molar-refractivity contribution in [1.82, 2.24) is 9.38 Å². The molecule has 0 aliphatic carbocycles. The lowest BCUT2D eigenvalue weighted by molar-refractivity contribution is 0.111. The number of carbonyl (C=O) groups excluding carboxylic acids is 1. The van der Waals surface area contributed by atoms with Crippen molar-refractivity contribution in [2.24, 2.45) is 0 Å². The van der Waals surface area contributed by atoms with Crippen molar-refractivity contribution in [3.8, 4) is 11.3 Å². The molecule has 3 aromatic rings. The van der Waals surface area contributed by atoms with Gasteiger partial charge in [-0.3, -0.25) is 9.20 Å². The van der Waals surface area contributed by atoms with Crippen LogP contribution in [0.5, 0.6) is 0 Å². The number of halogens is 1. The number of hydrogen-bond acceptors (Lipinski definition) is 3. The van der Waals surface area contributed by atoms with Crippen LogP contribution >= 0.6 is 27.3 Å². The number of hydrogen-bond donors (Lipinski definition) is 0. The molecule has 1 aromatic carbocycles. The minimum Gasteiger partial charge on any atom is -0.296 e. The molecule has 0 bridgehead atoms. The second-order valence-corrected chi connectivity index (χ2v) is 5.32. The molecule has 5 heteroatoms. The molecule has 84 valence electrons. The Morgan fingerprint density at radius 2 is 2.06 bits per heavy atom. The van der Waals surface area contributed by atoms with Crippen LogP contribution in [0.4, 0.5) is 0 Å². The molecule has 0 saturated carbocycles. The van der Waals surface area contributed by atoms with Gasteiger partial charge in [-0.15, -0.1) is 11.3 Å². The SMILES string of the molecule is O=Cc1cn2c(-c3ccc(Br)cc3)csc2n1. The van der Waals surface area contributed by atoms with E-state index >= 15 is 0 Å². The first-order chi connectivity index (χ1) is 8.28. The van der Waals surface area contributed by atoms with Gasteiger partial charge in [0.2, 0.25) is 0 Å². The summed E-state index contributed by atoms with van der Waals surface area (Å²) in [5.74, 6) is 0. The summed E-state index contributed by atoms with van der Waals surface area (Å²) in [6, 6.07) is 8.06. The number of nitrogens with zero attached hydrogens (tertiary/aromatic N) is 2. The van der Waals surface area contributed by atoms with Crippen molar-refractivity contribution in [2.75, 3.05) is 0 Å². The molecule has 0 amide bonds. The average molecular weight is 307 g/mol. The Kier molecular flexibility index (Phi) is 2.57. The number of carbonyl (C=O) groups is 1. The van der Waals surface area contributed by atoms with Gasteiger partial charge in [-0.2, -0.15) is 0 Å². The molecule has 0 spiro atoms. The molecule has 0 radical (unpaired) electrons. The average Bonchev–Trinajstić information content (AvgIpc) is 2.89. The Morgan fingerprint density at radius 3 is 2.76 bits per heavy atom. The number of aldehydes is 1. The number of imidazole rings is 1. The molecule has 0 aliphatic rings. The van der Waals surface area contributed by atoms with Crippen LogP contribution in [-0.2, 0) is 0 Å². The highest BCUT2D eigenvalue weighted by Gasteiger charge is 2.08. The number of rotatable bonds is 2. The van der Waals surface area contributed by atoms with Crippen LogP contribution < -0.4 is 0 Å². The fraction of sp³-hybridized carbons (Fsp3) is 0. The summed E-state index contributed by atoms with van der Waals surface area (Å²) in [5, 5.41) is 2.04. The lowest BCUT2D eigenvalue weighted by atomic mass is 10.2. The summed E-state index contributed by atoms with van der Waals surface area (Å²) in [6.07, 6.45) is 2.53. The van der Waals surface area contributed by atoms with E-state index in [9.17, 15) is 4.79 Å². The van der Waals surface area contributed by atoms with E-state index in [1.54, 1.807) is 6.20 Å². The zero-order valence-electron chi connectivity index (χ0n) is 8.63. The minimum absolute atomic E-state index is 0.468. The normalized spacial score (nSPS) is 10.9. The summed E-state index contributed by atoms with van der Waals surface area (Å²) >= 11 is 4.94. The smallest absolute Gasteiger partial charge is 0.194 e. The van der Waals surface area contributed by atoms with Crippen LogP contribution in [-0.4, -0.2) is 15.7 Å². The molecule has 2 aromatic heterocycles. The molecule has 0 N–H and O–H groups in total. The van der Waals surface area contributed by atoms with Crippen molar-refractivity contribution in [3.63, 3.8) is 0 Å². The van der Waals surface area contributed by atoms with Crippen LogP contribution in [0.15, 0.2) is 40.3 Å². The van der Waals surface area contributed by atoms with Crippen LogP contribution in [0.25, 0.3) is 16.2 Å². The lowest BCUT2D eigenvalue weighted by Gasteiger charge is -1.99. The summed E-state index contributed by atoms with van der Waals surface area (Å²) in [5.41, 5.74) is 2.63. The van der Waals surface area contributed by atoms with Crippen LogP contribution in [0.1, 0.15) is 10.5 Å². The van der Waals surface area contributed by atoms with Crippen LogP contribution in [0.3, 0.4) is 0 Å². The largest absolute Gasteiger partial charge is 0.296 e. The summed E-state index contributed by atoms with van der Waals surface area (Å²) < 4.78 is 2.99. The van der Waals surface area contributed by atoms with E-state index in [2.05, 4.69) is 20.9 Å². The second-order valence-electron chi connectivity index (χ2n) is 3.56. The Hall–Kier alpha value is -1.46. The van der Waals surface area contributed by atoms with Crippen molar-refractivity contribution in [1.29, 1.82) is 0 Å². The van der Waals surface area contributed by atoms with Gasteiger partial charge in [0.1, 0.15) is 5.69 Å². The van der Waals surface area contributed by atoms with E-state index < -0.39 is 0 Å². The van der Waals surface area contributed by atoms with Gasteiger partial charge in [-0.25, -0.2) is 4.98 Å². The highest BCUT2D eigenvalue weighted by Crippen LogP contribution is 2.27. The first kappa shape index (κ1) is 10.7. The highest BCUT2D eigenvalue weighted by molar-refractivity contribution is 9.10. The second kappa shape index (κ2) is 4.09. The first-order valence-electron chi connectivity index (χ1n) is 4.95. The molecule has 2 heterocycles. The Balaban J connectivity index is 2.19. The molecule has 3 nitrogen and oxygen atoms in total. The zero-order chi connectivity index (χ0) is 11.8. The maximum atomic E-state index is 10.7. The summed E-state index contributed by atoms with van der Waals surface area (Å²) in [6.45, 7) is 0. The van der Waals surface area contributed by atoms with Crippen LogP contribution in [0, 0.1) is 0 Å². The number of fused-ring (bicyclic) bond motifs is 1. The van der Waals surface area contributed by atoms with Gasteiger partial charge in [0.15, 0.2) is 11.2 Å². The lowest BCUT2D eigenvalue weighted by Crippen LogP contribution is -1.83. The number of aromatic nitrogens is 2. The van der Waals surface area contributed by atoms with Crippen LogP contribution in [0.2, 0.25) is 0 Å². The summed E-state index contributed by atoms with van der Waals surface area (Å²) in [4.78, 5) is 15.7. The Labute approximate surface area is 110 Å². The van der Waals surface area contributed by atoms with E-state index in [1.807, 2.05) is 34.0 Å². The third kappa shape index (κ3) is 1.81. The van der Waals surface area contributed by atoms with Crippen molar-refractivity contribution in [2.45, 2.75) is 0 Å². The minimum atomic E-state index is 0.468. The fourth-order valence-corrected chi connectivity index (χ4v) is 2.84. The number of benzene rings is 1. The third-order valence-corrected chi connectivity index (χ3v) is 3.86. The molecule has 0 saturated heterocycles. The predicted molar refractivity (Wildman–Crippen MR) is 71.6 cm³/mol. The molecule has 0 aliphatic heterocycles. The summed E-state index contributed by atoms with van der Waals surface area (Å²) in [7, 11) is 0. The van der Waals surface area contributed by atoms with Crippen molar-refractivity contribution in [3.05, 3.63) is 46.0 Å². The molecule has 3 rings (SSSR count). The third-order valence-electron chi connectivity index (χ3n) is 2.49. The maximum absolute atomic E-state index is 10.7. The van der Waals surface area contributed by atoms with Gasteiger partial charge in [0.05, 0.1) is 5.69 Å². The standard InChI is InChI=1S/C12H7BrN2OS/c13-9-3-1-8(2-4-9)11-7-17-12-14-10(6-16)5-15(11)12/h1-7H. The molecule has 0 atom stereocenters. The van der Waals surface area contributed by atoms with Gasteiger partial charge >= 0.3 is 0 Å².